The predicted molar refractivity (Wildman–Crippen MR) is 85.0 cm³/mol. The molecule has 3 rings (SSSR count). The van der Waals surface area contributed by atoms with Gasteiger partial charge in [0.25, 0.3) is 0 Å². The Morgan fingerprint density at radius 2 is 1.85 bits per heavy atom. The van der Waals surface area contributed by atoms with Gasteiger partial charge in [0.15, 0.2) is 0 Å². The molecule has 1 aliphatic carbocycles. The van der Waals surface area contributed by atoms with Gasteiger partial charge in [0, 0.05) is 17.2 Å². The Labute approximate surface area is 126 Å². The van der Waals surface area contributed by atoms with Gasteiger partial charge in [-0.25, -0.2) is 0 Å². The summed E-state index contributed by atoms with van der Waals surface area (Å²) >= 11 is 1.92. The Hall–Kier alpha value is -0.510. The van der Waals surface area contributed by atoms with Crippen molar-refractivity contribution >= 4 is 11.8 Å². The second-order valence-electron chi connectivity index (χ2n) is 6.18. The molecule has 0 aromatic heterocycles. The van der Waals surface area contributed by atoms with Gasteiger partial charge in [0.2, 0.25) is 0 Å². The van der Waals surface area contributed by atoms with Gasteiger partial charge in [0.05, 0.1) is 11.7 Å². The summed E-state index contributed by atoms with van der Waals surface area (Å²) in [5, 5.41) is 0. The molecule has 1 unspecified atom stereocenters. The summed E-state index contributed by atoms with van der Waals surface area (Å²) in [6, 6.07) is 8.61. The second kappa shape index (κ2) is 6.50. The van der Waals surface area contributed by atoms with Gasteiger partial charge < -0.3 is 10.5 Å². The molecule has 2 fully saturated rings. The Morgan fingerprint density at radius 3 is 2.55 bits per heavy atom. The third-order valence-corrected chi connectivity index (χ3v) is 5.84. The molecule has 1 aliphatic heterocycles. The molecular weight excluding hydrogens is 266 g/mol. The van der Waals surface area contributed by atoms with E-state index in [9.17, 15) is 0 Å². The van der Waals surface area contributed by atoms with Crippen LogP contribution in [-0.2, 0) is 11.3 Å². The van der Waals surface area contributed by atoms with E-state index in [0.717, 1.165) is 5.75 Å². The smallest absolute Gasteiger partial charge is 0.0687 e. The van der Waals surface area contributed by atoms with E-state index in [1.807, 2.05) is 11.8 Å². The van der Waals surface area contributed by atoms with Crippen LogP contribution in [0.25, 0.3) is 0 Å². The summed E-state index contributed by atoms with van der Waals surface area (Å²) in [6.45, 7) is 0.624. The lowest BCUT2D eigenvalue weighted by Crippen LogP contribution is -2.32. The molecule has 1 atom stereocenters. The molecule has 1 spiro atoms. The average molecular weight is 291 g/mol. The van der Waals surface area contributed by atoms with Crippen LogP contribution in [0, 0.1) is 0 Å². The zero-order valence-corrected chi connectivity index (χ0v) is 13.0. The van der Waals surface area contributed by atoms with Crippen molar-refractivity contribution in [1.29, 1.82) is 0 Å². The van der Waals surface area contributed by atoms with E-state index in [2.05, 4.69) is 24.3 Å². The first-order valence-electron chi connectivity index (χ1n) is 7.89. The fourth-order valence-corrected chi connectivity index (χ4v) is 4.43. The quantitative estimate of drug-likeness (QED) is 0.848. The van der Waals surface area contributed by atoms with Crippen LogP contribution < -0.4 is 5.73 Å². The fourth-order valence-electron chi connectivity index (χ4n) is 3.49. The molecule has 1 saturated heterocycles. The second-order valence-corrected chi connectivity index (χ2v) is 7.27. The number of rotatable bonds is 4. The van der Waals surface area contributed by atoms with Crippen LogP contribution >= 0.6 is 11.8 Å². The average Bonchev–Trinajstić information content (AvgIpc) is 2.89. The maximum atomic E-state index is 6.42. The summed E-state index contributed by atoms with van der Waals surface area (Å²) in [5.74, 6) is 1.09. The molecular formula is C17H25NOS. The van der Waals surface area contributed by atoms with Crippen molar-refractivity contribution in [3.05, 3.63) is 29.8 Å². The molecule has 20 heavy (non-hydrogen) atoms. The minimum absolute atomic E-state index is 0.257. The van der Waals surface area contributed by atoms with Crippen LogP contribution in [0.1, 0.15) is 50.5 Å². The minimum Gasteiger partial charge on any atom is -0.371 e. The molecule has 3 heteroatoms. The van der Waals surface area contributed by atoms with E-state index in [4.69, 9.17) is 10.5 Å². The van der Waals surface area contributed by atoms with E-state index >= 15 is 0 Å². The van der Waals surface area contributed by atoms with Crippen LogP contribution in [0.4, 0.5) is 0 Å². The molecule has 2 N–H and O–H groups in total. The van der Waals surface area contributed by atoms with Crippen LogP contribution in [0.3, 0.4) is 0 Å². The van der Waals surface area contributed by atoms with Gasteiger partial charge in [-0.05, 0) is 43.4 Å². The summed E-state index contributed by atoms with van der Waals surface area (Å²) < 4.78 is 6.42. The number of hydrogen-bond acceptors (Lipinski definition) is 3. The fraction of sp³-hybridized carbons (Fsp3) is 0.647. The highest BCUT2D eigenvalue weighted by molar-refractivity contribution is 7.99. The van der Waals surface area contributed by atoms with Crippen LogP contribution in [-0.4, -0.2) is 17.5 Å². The number of thioether (sulfide) groups is 1. The van der Waals surface area contributed by atoms with Crippen molar-refractivity contribution < 1.29 is 4.74 Å². The van der Waals surface area contributed by atoms with Crippen LogP contribution in [0.15, 0.2) is 29.2 Å². The number of hydrogen-bond donors (Lipinski definition) is 1. The largest absolute Gasteiger partial charge is 0.371 e. The molecule has 2 nitrogen and oxygen atoms in total. The first kappa shape index (κ1) is 14.4. The molecule has 0 bridgehead atoms. The number of ether oxygens (including phenoxy) is 1. The van der Waals surface area contributed by atoms with Crippen molar-refractivity contribution in [2.45, 2.75) is 68.1 Å². The Bertz CT molecular complexity index is 425. The Kier molecular flexibility index (Phi) is 4.69. The summed E-state index contributed by atoms with van der Waals surface area (Å²) in [7, 11) is 0. The highest BCUT2D eigenvalue weighted by Gasteiger charge is 2.40. The van der Waals surface area contributed by atoms with E-state index in [-0.39, 0.29) is 5.60 Å². The molecule has 1 heterocycles. The highest BCUT2D eigenvalue weighted by Crippen LogP contribution is 2.42. The number of benzene rings is 1. The van der Waals surface area contributed by atoms with Crippen LogP contribution in [0.2, 0.25) is 0 Å². The topological polar surface area (TPSA) is 35.2 Å². The molecule has 1 saturated carbocycles. The first-order valence-corrected chi connectivity index (χ1v) is 8.88. The maximum absolute atomic E-state index is 6.42. The maximum Gasteiger partial charge on any atom is 0.0687 e. The zero-order chi connectivity index (χ0) is 13.8. The van der Waals surface area contributed by atoms with Crippen molar-refractivity contribution in [3.63, 3.8) is 0 Å². The van der Waals surface area contributed by atoms with E-state index < -0.39 is 0 Å². The summed E-state index contributed by atoms with van der Waals surface area (Å²) in [5.41, 5.74) is 7.08. The lowest BCUT2D eigenvalue weighted by molar-refractivity contribution is -0.0555. The molecule has 110 valence electrons. The summed E-state index contributed by atoms with van der Waals surface area (Å²) in [4.78, 5) is 1.33. The molecule has 0 radical (unpaired) electrons. The van der Waals surface area contributed by atoms with Gasteiger partial charge in [0.1, 0.15) is 0 Å². The number of nitrogens with two attached hydrogens (primary N) is 1. The predicted octanol–water partition coefficient (Wildman–Crippen LogP) is 4.12. The van der Waals surface area contributed by atoms with Crippen molar-refractivity contribution in [1.82, 2.24) is 0 Å². The molecule has 0 amide bonds. The highest BCUT2D eigenvalue weighted by atomic mass is 32.2. The SMILES string of the molecule is NCc1ccc(SCC2CCC3(CCCCC3)O2)cc1. The molecule has 1 aromatic rings. The third kappa shape index (κ3) is 3.38. The van der Waals surface area contributed by atoms with Crippen molar-refractivity contribution in [2.24, 2.45) is 5.73 Å². The van der Waals surface area contributed by atoms with Gasteiger partial charge in [-0.1, -0.05) is 31.4 Å². The third-order valence-electron chi connectivity index (χ3n) is 4.70. The van der Waals surface area contributed by atoms with Gasteiger partial charge >= 0.3 is 0 Å². The van der Waals surface area contributed by atoms with Crippen LogP contribution in [0.5, 0.6) is 0 Å². The standard InChI is InChI=1S/C17H25NOS/c18-12-14-4-6-16(7-5-14)20-13-15-8-11-17(19-15)9-2-1-3-10-17/h4-7,15H,1-3,8-13,18H2. The molecule has 2 aliphatic rings. The van der Waals surface area contributed by atoms with E-state index in [1.54, 1.807) is 0 Å². The first-order chi connectivity index (χ1) is 9.80. The Balaban J connectivity index is 1.49. The van der Waals surface area contributed by atoms with E-state index in [1.165, 1.54) is 55.4 Å². The lowest BCUT2D eigenvalue weighted by atomic mass is 9.83. The van der Waals surface area contributed by atoms with Gasteiger partial charge in [-0.15, -0.1) is 11.8 Å². The Morgan fingerprint density at radius 1 is 1.10 bits per heavy atom. The molecule has 1 aromatic carbocycles. The van der Waals surface area contributed by atoms with Gasteiger partial charge in [-0.3, -0.25) is 0 Å². The van der Waals surface area contributed by atoms with Crippen molar-refractivity contribution in [3.8, 4) is 0 Å². The summed E-state index contributed by atoms with van der Waals surface area (Å²) in [6.07, 6.45) is 9.68. The van der Waals surface area contributed by atoms with Crippen molar-refractivity contribution in [2.75, 3.05) is 5.75 Å². The lowest BCUT2D eigenvalue weighted by Gasteiger charge is -2.33. The van der Waals surface area contributed by atoms with E-state index in [0.29, 0.717) is 12.6 Å². The monoisotopic (exact) mass is 291 g/mol. The minimum atomic E-state index is 0.257. The normalized spacial score (nSPS) is 25.1. The van der Waals surface area contributed by atoms with Gasteiger partial charge in [-0.2, -0.15) is 0 Å². The zero-order valence-electron chi connectivity index (χ0n) is 12.1.